The SMILES string of the molecule is C=C1CCC2(O)C(CC2(C)C)C(CO)=CC(O)C1NC(=O)C=C(C)CCO. The Hall–Kier alpha value is -1.47. The molecule has 27 heavy (non-hydrogen) atoms. The summed E-state index contributed by atoms with van der Waals surface area (Å²) in [5, 5.41) is 43.5. The third-order valence-electron chi connectivity index (χ3n) is 6.27. The van der Waals surface area contributed by atoms with E-state index in [9.17, 15) is 20.1 Å². The lowest BCUT2D eigenvalue weighted by Crippen LogP contribution is -2.62. The van der Waals surface area contributed by atoms with Gasteiger partial charge in [-0.05, 0) is 43.6 Å². The minimum absolute atomic E-state index is 0.0350. The van der Waals surface area contributed by atoms with Gasteiger partial charge in [0, 0.05) is 18.6 Å². The summed E-state index contributed by atoms with van der Waals surface area (Å²) in [6.07, 6.45) is 3.97. The molecule has 1 fully saturated rings. The highest BCUT2D eigenvalue weighted by Crippen LogP contribution is 2.59. The summed E-state index contributed by atoms with van der Waals surface area (Å²) >= 11 is 0. The first kappa shape index (κ1) is 21.8. The Morgan fingerprint density at radius 1 is 1.41 bits per heavy atom. The molecule has 2 rings (SSSR count). The summed E-state index contributed by atoms with van der Waals surface area (Å²) in [5.41, 5.74) is 0.712. The van der Waals surface area contributed by atoms with E-state index >= 15 is 0 Å². The van der Waals surface area contributed by atoms with Crippen LogP contribution in [0.3, 0.4) is 0 Å². The van der Waals surface area contributed by atoms with Gasteiger partial charge in [-0.2, -0.15) is 0 Å². The zero-order valence-corrected chi connectivity index (χ0v) is 16.5. The molecule has 2 aliphatic carbocycles. The van der Waals surface area contributed by atoms with Crippen molar-refractivity contribution in [3.05, 3.63) is 35.5 Å². The molecule has 0 aromatic rings. The molecular weight excluding hydrogens is 346 g/mol. The first-order chi connectivity index (χ1) is 12.6. The molecule has 2 aliphatic rings. The van der Waals surface area contributed by atoms with Crippen LogP contribution in [0.5, 0.6) is 0 Å². The average molecular weight is 379 g/mol. The van der Waals surface area contributed by atoms with E-state index in [1.807, 2.05) is 13.8 Å². The van der Waals surface area contributed by atoms with Gasteiger partial charge in [-0.15, -0.1) is 0 Å². The molecular formula is C21H33NO5. The van der Waals surface area contributed by atoms with Gasteiger partial charge >= 0.3 is 0 Å². The second-order valence-electron chi connectivity index (χ2n) is 8.56. The molecule has 0 aromatic heterocycles. The highest BCUT2D eigenvalue weighted by molar-refractivity contribution is 5.88. The molecule has 0 aromatic carbocycles. The third-order valence-corrected chi connectivity index (χ3v) is 6.27. The lowest BCUT2D eigenvalue weighted by Gasteiger charge is -2.59. The smallest absolute Gasteiger partial charge is 0.244 e. The zero-order chi connectivity index (χ0) is 20.4. The minimum Gasteiger partial charge on any atom is -0.396 e. The predicted molar refractivity (Wildman–Crippen MR) is 104 cm³/mol. The Labute approximate surface area is 161 Å². The van der Waals surface area contributed by atoms with Crippen molar-refractivity contribution < 1.29 is 25.2 Å². The Bertz CT molecular complexity index is 651. The number of hydrogen-bond donors (Lipinski definition) is 5. The van der Waals surface area contributed by atoms with E-state index in [4.69, 9.17) is 5.11 Å². The van der Waals surface area contributed by atoms with E-state index in [1.165, 1.54) is 6.08 Å². The molecule has 6 heteroatoms. The van der Waals surface area contributed by atoms with Crippen LogP contribution < -0.4 is 5.32 Å². The molecule has 0 bridgehead atoms. The Morgan fingerprint density at radius 3 is 2.63 bits per heavy atom. The van der Waals surface area contributed by atoms with Crippen LogP contribution in [0.4, 0.5) is 0 Å². The van der Waals surface area contributed by atoms with Crippen molar-refractivity contribution in [3.63, 3.8) is 0 Å². The van der Waals surface area contributed by atoms with Crippen molar-refractivity contribution in [2.24, 2.45) is 11.3 Å². The summed E-state index contributed by atoms with van der Waals surface area (Å²) in [5.74, 6) is -0.576. The van der Waals surface area contributed by atoms with Gasteiger partial charge in [0.2, 0.25) is 5.91 Å². The number of aliphatic hydroxyl groups excluding tert-OH is 3. The summed E-state index contributed by atoms with van der Waals surface area (Å²) < 4.78 is 0. The maximum Gasteiger partial charge on any atom is 0.244 e. The Kier molecular flexibility index (Phi) is 6.68. The van der Waals surface area contributed by atoms with Crippen molar-refractivity contribution in [3.8, 4) is 0 Å². The minimum atomic E-state index is -1.04. The first-order valence-electron chi connectivity index (χ1n) is 9.54. The van der Waals surface area contributed by atoms with Crippen molar-refractivity contribution in [2.75, 3.05) is 13.2 Å². The Morgan fingerprint density at radius 2 is 2.07 bits per heavy atom. The number of rotatable bonds is 5. The summed E-state index contributed by atoms with van der Waals surface area (Å²) in [6, 6.07) is -0.707. The van der Waals surface area contributed by atoms with E-state index in [0.29, 0.717) is 30.4 Å². The Balaban J connectivity index is 2.26. The van der Waals surface area contributed by atoms with Crippen molar-refractivity contribution in [1.82, 2.24) is 5.32 Å². The van der Waals surface area contributed by atoms with Gasteiger partial charge in [-0.3, -0.25) is 4.79 Å². The van der Waals surface area contributed by atoms with Crippen LogP contribution in [0.1, 0.15) is 46.5 Å². The van der Waals surface area contributed by atoms with E-state index in [0.717, 1.165) is 12.0 Å². The lowest BCUT2D eigenvalue weighted by molar-refractivity contribution is -0.193. The summed E-state index contributed by atoms with van der Waals surface area (Å²) in [7, 11) is 0. The van der Waals surface area contributed by atoms with Gasteiger partial charge in [0.1, 0.15) is 0 Å². The molecule has 0 saturated heterocycles. The fourth-order valence-corrected chi connectivity index (χ4v) is 4.34. The van der Waals surface area contributed by atoms with E-state index in [-0.39, 0.29) is 30.5 Å². The van der Waals surface area contributed by atoms with Crippen LogP contribution in [0.25, 0.3) is 0 Å². The van der Waals surface area contributed by atoms with Crippen molar-refractivity contribution in [1.29, 1.82) is 0 Å². The molecule has 0 aliphatic heterocycles. The monoisotopic (exact) mass is 379 g/mol. The van der Waals surface area contributed by atoms with E-state index in [1.54, 1.807) is 13.0 Å². The molecule has 0 heterocycles. The number of hydrogen-bond acceptors (Lipinski definition) is 5. The highest BCUT2D eigenvalue weighted by Gasteiger charge is 2.60. The van der Waals surface area contributed by atoms with Gasteiger partial charge in [0.05, 0.1) is 24.4 Å². The number of amides is 1. The van der Waals surface area contributed by atoms with Crippen molar-refractivity contribution in [2.45, 2.75) is 64.2 Å². The lowest BCUT2D eigenvalue weighted by atomic mass is 9.49. The van der Waals surface area contributed by atoms with Crippen molar-refractivity contribution >= 4 is 5.91 Å². The number of nitrogens with one attached hydrogen (secondary N) is 1. The molecule has 1 saturated carbocycles. The average Bonchev–Trinajstić information content (AvgIpc) is 2.61. The number of aliphatic hydroxyl groups is 4. The first-order valence-corrected chi connectivity index (χ1v) is 9.54. The predicted octanol–water partition coefficient (Wildman–Crippen LogP) is 1.21. The van der Waals surface area contributed by atoms with Gasteiger partial charge < -0.3 is 25.7 Å². The number of fused-ring (bicyclic) bond motifs is 1. The van der Waals surface area contributed by atoms with Crippen LogP contribution in [-0.2, 0) is 4.79 Å². The van der Waals surface area contributed by atoms with Gasteiger partial charge in [0.15, 0.2) is 0 Å². The molecule has 0 radical (unpaired) electrons. The van der Waals surface area contributed by atoms with Crippen LogP contribution in [-0.4, -0.2) is 57.3 Å². The fraction of sp³-hybridized carbons (Fsp3) is 0.667. The second-order valence-corrected chi connectivity index (χ2v) is 8.56. The fourth-order valence-electron chi connectivity index (χ4n) is 4.34. The zero-order valence-electron chi connectivity index (χ0n) is 16.5. The molecule has 152 valence electrons. The van der Waals surface area contributed by atoms with Crippen LogP contribution in [0, 0.1) is 11.3 Å². The summed E-state index contributed by atoms with van der Waals surface area (Å²) in [4.78, 5) is 12.3. The molecule has 6 nitrogen and oxygen atoms in total. The second kappa shape index (κ2) is 8.27. The topological polar surface area (TPSA) is 110 Å². The normalized spacial score (nSPS) is 33.7. The van der Waals surface area contributed by atoms with E-state index < -0.39 is 17.7 Å². The van der Waals surface area contributed by atoms with E-state index in [2.05, 4.69) is 11.9 Å². The van der Waals surface area contributed by atoms with Crippen LogP contribution >= 0.6 is 0 Å². The van der Waals surface area contributed by atoms with Crippen LogP contribution in [0.2, 0.25) is 0 Å². The van der Waals surface area contributed by atoms with Gasteiger partial charge in [-0.25, -0.2) is 0 Å². The molecule has 5 N–H and O–H groups in total. The van der Waals surface area contributed by atoms with Crippen LogP contribution in [0.15, 0.2) is 35.5 Å². The maximum atomic E-state index is 12.3. The molecule has 4 unspecified atom stereocenters. The highest BCUT2D eigenvalue weighted by atomic mass is 16.3. The quantitative estimate of drug-likeness (QED) is 0.364. The maximum absolute atomic E-state index is 12.3. The number of carbonyl (C=O) groups excluding carboxylic acids is 1. The standard InChI is InChI=1S/C21H33NO5/c1-13(6-8-23)9-18(26)22-19-14(2)5-7-21(27)16(11-20(21,3)4)15(12-24)10-17(19)25/h9-10,16-17,19,23-25,27H,2,5-8,11-12H2,1,3-4H3,(H,22,26). The molecule has 0 spiro atoms. The third kappa shape index (κ3) is 4.35. The van der Waals surface area contributed by atoms with Gasteiger partial charge in [-0.1, -0.05) is 37.6 Å². The molecule has 1 amide bonds. The largest absolute Gasteiger partial charge is 0.396 e. The number of carbonyl (C=O) groups is 1. The summed E-state index contributed by atoms with van der Waals surface area (Å²) in [6.45, 7) is 9.51. The van der Waals surface area contributed by atoms with Gasteiger partial charge in [0.25, 0.3) is 0 Å². The molecule has 4 atom stereocenters.